The molecule has 5 amide bonds. The van der Waals surface area contributed by atoms with Gasteiger partial charge in [0.15, 0.2) is 0 Å². The number of sulfonamides is 1. The van der Waals surface area contributed by atoms with Gasteiger partial charge in [0.25, 0.3) is 37.6 Å². The van der Waals surface area contributed by atoms with Gasteiger partial charge in [0.2, 0.25) is 11.8 Å². The number of piperazine rings is 2. The van der Waals surface area contributed by atoms with Crippen LogP contribution in [0.1, 0.15) is 89.0 Å². The number of thioether (sulfide) groups is 1. The number of nitrogens with zero attached hydrogens (tertiary/aromatic N) is 5. The highest BCUT2D eigenvalue weighted by Gasteiger charge is 2.49. The molecule has 3 saturated heterocycles. The maximum absolute atomic E-state index is 14.5. The topological polar surface area (TPSA) is 255 Å². The Morgan fingerprint density at radius 1 is 0.750 bits per heavy atom. The van der Waals surface area contributed by atoms with Crippen molar-refractivity contribution >= 4 is 95.4 Å². The van der Waals surface area contributed by atoms with Crippen molar-refractivity contribution in [2.75, 3.05) is 146 Å². The van der Waals surface area contributed by atoms with Crippen LogP contribution in [0.15, 0.2) is 148 Å². The highest BCUT2D eigenvalue weighted by molar-refractivity contribution is 7.99. The van der Waals surface area contributed by atoms with Gasteiger partial charge in [-0.05, 0) is 134 Å². The first-order chi connectivity index (χ1) is 47.8. The number of anilines is 3. The van der Waals surface area contributed by atoms with Crippen LogP contribution in [-0.2, 0) is 48.4 Å². The first kappa shape index (κ1) is 75.3. The van der Waals surface area contributed by atoms with E-state index in [0.29, 0.717) is 107 Å². The Morgan fingerprint density at radius 2 is 1.41 bits per heavy atom. The smallest absolute Gasteiger partial charge is 0.382 e. The van der Waals surface area contributed by atoms with Gasteiger partial charge >= 0.3 is 5.51 Å². The van der Waals surface area contributed by atoms with Gasteiger partial charge < -0.3 is 44.7 Å². The second-order valence-corrected chi connectivity index (χ2v) is 31.1. The van der Waals surface area contributed by atoms with Gasteiger partial charge in [-0.25, -0.2) is 21.6 Å². The van der Waals surface area contributed by atoms with Gasteiger partial charge in [-0.2, -0.15) is 13.2 Å². The second kappa shape index (κ2) is 34.1. The zero-order valence-electron chi connectivity index (χ0n) is 56.0. The molecule has 100 heavy (non-hydrogen) atoms. The number of ether oxygens (including phenoxy) is 4. The van der Waals surface area contributed by atoms with Crippen molar-refractivity contribution in [3.8, 4) is 0 Å². The van der Waals surface area contributed by atoms with E-state index in [1.54, 1.807) is 35.2 Å². The molecular formula is C71H85ClF3N9O13S3. The number of piperidine rings is 1. The van der Waals surface area contributed by atoms with Crippen molar-refractivity contribution in [2.24, 2.45) is 5.41 Å². The average molecular weight is 1460 g/mol. The summed E-state index contributed by atoms with van der Waals surface area (Å²) in [6.07, 6.45) is 4.17. The van der Waals surface area contributed by atoms with Crippen LogP contribution in [0.25, 0.3) is 5.57 Å². The fourth-order valence-corrected chi connectivity index (χ4v) is 15.9. The number of nitrogens with one attached hydrogen (secondary N) is 4. The van der Waals surface area contributed by atoms with E-state index in [2.05, 4.69) is 63.2 Å². The molecule has 22 nitrogen and oxygen atoms in total. The molecule has 29 heteroatoms. The van der Waals surface area contributed by atoms with Crippen LogP contribution in [0.4, 0.5) is 30.2 Å². The van der Waals surface area contributed by atoms with Crippen molar-refractivity contribution in [3.05, 3.63) is 160 Å². The van der Waals surface area contributed by atoms with E-state index in [0.717, 1.165) is 66.5 Å². The molecule has 538 valence electrons. The maximum atomic E-state index is 14.5. The fraction of sp³-hybridized carbons (Fsp3) is 0.451. The van der Waals surface area contributed by atoms with E-state index >= 15 is 0 Å². The van der Waals surface area contributed by atoms with Crippen LogP contribution in [0.3, 0.4) is 0 Å². The monoisotopic (exact) mass is 1460 g/mol. The predicted octanol–water partition coefficient (Wildman–Crippen LogP) is 9.21. The molecule has 5 aliphatic rings. The normalized spacial score (nSPS) is 18.3. The third-order valence-electron chi connectivity index (χ3n) is 18.3. The molecule has 0 spiro atoms. The summed E-state index contributed by atoms with van der Waals surface area (Å²) in [6.45, 7) is 16.3. The maximum Gasteiger partial charge on any atom is 0.501 e. The molecule has 4 aliphatic heterocycles. The number of allylic oxidation sites excluding steroid dienone is 2. The molecule has 5 aromatic rings. The summed E-state index contributed by atoms with van der Waals surface area (Å²) in [4.78, 5) is 73.9. The number of amides is 5. The lowest BCUT2D eigenvalue weighted by Crippen LogP contribution is -2.51. The van der Waals surface area contributed by atoms with Crippen LogP contribution in [0.2, 0.25) is 5.02 Å². The Hall–Kier alpha value is -7.38. The highest BCUT2D eigenvalue weighted by Crippen LogP contribution is 2.43. The number of halogens is 4. The summed E-state index contributed by atoms with van der Waals surface area (Å²) in [7, 11) is -11.1. The third kappa shape index (κ3) is 19.6. The van der Waals surface area contributed by atoms with Crippen molar-refractivity contribution in [2.45, 2.75) is 84.7 Å². The van der Waals surface area contributed by atoms with Crippen molar-refractivity contribution < 1.29 is 72.9 Å². The second-order valence-electron chi connectivity index (χ2n) is 25.9. The number of rotatable bonds is 32. The van der Waals surface area contributed by atoms with Crippen LogP contribution in [0.5, 0.6) is 0 Å². The number of carbonyl (C=O) groups is 5. The van der Waals surface area contributed by atoms with E-state index in [1.165, 1.54) is 40.6 Å². The van der Waals surface area contributed by atoms with Gasteiger partial charge in [-0.15, -0.1) is 11.8 Å². The third-order valence-corrected chi connectivity index (χ3v) is 22.6. The van der Waals surface area contributed by atoms with Gasteiger partial charge in [-0.3, -0.25) is 38.7 Å². The van der Waals surface area contributed by atoms with Crippen LogP contribution < -0.4 is 25.6 Å². The Kier molecular flexibility index (Phi) is 25.6. The largest absolute Gasteiger partial charge is 0.501 e. The molecule has 4 N–H and O–H groups in total. The van der Waals surface area contributed by atoms with Crippen molar-refractivity contribution in [1.82, 2.24) is 29.6 Å². The average Bonchev–Trinajstić information content (AvgIpc) is 1.58. The lowest BCUT2D eigenvalue weighted by atomic mass is 9.73. The zero-order chi connectivity index (χ0) is 71.2. The molecule has 0 aromatic heterocycles. The lowest BCUT2D eigenvalue weighted by Gasteiger charge is -2.39. The molecule has 1 aliphatic carbocycles. The van der Waals surface area contributed by atoms with Crippen LogP contribution in [-0.4, -0.2) is 214 Å². The Balaban J connectivity index is 0.641. The Bertz CT molecular complexity index is 4010. The minimum Gasteiger partial charge on any atom is -0.382 e. The molecule has 0 bridgehead atoms. The predicted molar refractivity (Wildman–Crippen MR) is 377 cm³/mol. The summed E-state index contributed by atoms with van der Waals surface area (Å²) in [5, 5.41) is 9.48. The lowest BCUT2D eigenvalue weighted by molar-refractivity contribution is -0.138. The number of imide groups is 1. The number of benzene rings is 5. The van der Waals surface area contributed by atoms with Gasteiger partial charge in [-0.1, -0.05) is 74.0 Å². The van der Waals surface area contributed by atoms with E-state index in [-0.39, 0.29) is 73.4 Å². The summed E-state index contributed by atoms with van der Waals surface area (Å²) < 4.78 is 122. The number of hydrogen-bond acceptors (Lipinski definition) is 19. The Labute approximate surface area is 591 Å². The Morgan fingerprint density at radius 3 is 2.08 bits per heavy atom. The molecule has 0 radical (unpaired) electrons. The van der Waals surface area contributed by atoms with Crippen molar-refractivity contribution in [1.29, 1.82) is 0 Å². The van der Waals surface area contributed by atoms with Crippen LogP contribution in [0, 0.1) is 5.41 Å². The molecule has 3 fully saturated rings. The standard InChI is InChI=1S/C71H85ClF3N9O13S3/c1-49-12-23-62(67(87)77-49)84-68(88)59-10-7-11-61(65(59)69(84)89)76-27-37-94-38-39-95-40-41-96-42-43-97-47-64(85)83-35-29-80(30-36-83)28-25-54(48-98-56-8-5-4-6-9-56)78-60-22-21-57(44-63(60)99(90,91)71(73,74)75)100(92,93)79-66(86)51-15-19-55(20-16-51)82-33-31-81(32-34-82)46-52-45-70(2,3)26-24-58(52)50-13-17-53(72)18-14-50/h4-11,13-22,44,54,62,76,78H,1,12,23-43,45-48H2,2-3H3,(H,77,87)(H,79,86)/t54-,62?/m1/s1. The number of carbonyl (C=O) groups excluding carboxylic acids is 5. The number of fused-ring (bicyclic) bond motifs is 1. The summed E-state index contributed by atoms with van der Waals surface area (Å²) in [5.74, 6) is -2.49. The SMILES string of the molecule is C=C1CCC(N2C(=O)c3cccc(NCCOCCOCCOCCOCC(=O)N4CCN(CC[C@H](CSc5ccccc5)Nc5ccc(S(=O)(=O)NC(=O)c6ccc(N7CCN(CC8=C(c9ccc(Cl)cc9)CCC(C)(C)C8)CC7)cc6)cc5S(=O)(=O)C(F)(F)F)CC4)c3C2=O)C(=O)N1. The number of sulfone groups is 1. The highest BCUT2D eigenvalue weighted by atomic mass is 35.5. The quantitative estimate of drug-likeness (QED) is 0.0178. The minimum atomic E-state index is -6.17. The molecule has 5 aromatic carbocycles. The number of alkyl halides is 3. The van der Waals surface area contributed by atoms with E-state index < -0.39 is 76.6 Å². The molecule has 10 rings (SSSR count). The first-order valence-electron chi connectivity index (χ1n) is 33.4. The van der Waals surface area contributed by atoms with Crippen molar-refractivity contribution in [3.63, 3.8) is 0 Å². The van der Waals surface area contributed by atoms with E-state index in [9.17, 15) is 54.0 Å². The van der Waals surface area contributed by atoms with Gasteiger partial charge in [0, 0.05) is 116 Å². The fourth-order valence-electron chi connectivity index (χ4n) is 12.8. The van der Waals surface area contributed by atoms with E-state index in [1.807, 2.05) is 47.2 Å². The van der Waals surface area contributed by atoms with E-state index in [4.69, 9.17) is 30.5 Å². The molecule has 1 unspecified atom stereocenters. The molecule has 4 heterocycles. The molecular weight excluding hydrogens is 1380 g/mol. The van der Waals surface area contributed by atoms with Gasteiger partial charge in [0.05, 0.1) is 68.0 Å². The molecule has 0 saturated carbocycles. The summed E-state index contributed by atoms with van der Waals surface area (Å²) in [6, 6.07) is 29.3. The number of hydrogen-bond donors (Lipinski definition) is 4. The summed E-state index contributed by atoms with van der Waals surface area (Å²) >= 11 is 7.61. The molecule has 2 atom stereocenters. The minimum absolute atomic E-state index is 0.0389. The first-order valence-corrected chi connectivity index (χ1v) is 37.7. The summed E-state index contributed by atoms with van der Waals surface area (Å²) in [5.41, 5.74) is 0.146. The zero-order valence-corrected chi connectivity index (χ0v) is 59.2. The van der Waals surface area contributed by atoms with Crippen LogP contribution >= 0.6 is 23.4 Å². The van der Waals surface area contributed by atoms with Gasteiger partial charge in [0.1, 0.15) is 17.5 Å².